The van der Waals surface area contributed by atoms with Gasteiger partial charge in [-0.15, -0.1) is 11.3 Å². The molecule has 2 saturated carbocycles. The molecule has 54 heavy (non-hydrogen) atoms. The Morgan fingerprint density at radius 1 is 1.11 bits per heavy atom. The highest BCUT2D eigenvalue weighted by molar-refractivity contribution is 7.91. The average molecular weight is 791 g/mol. The van der Waals surface area contributed by atoms with Gasteiger partial charge < -0.3 is 24.6 Å². The van der Waals surface area contributed by atoms with Crippen LogP contribution >= 0.6 is 11.3 Å². The molecule has 2 aromatic heterocycles. The van der Waals surface area contributed by atoms with E-state index in [0.29, 0.717) is 66.6 Å². The lowest BCUT2D eigenvalue weighted by Crippen LogP contribution is -2.61. The van der Waals surface area contributed by atoms with Crippen LogP contribution in [0.25, 0.3) is 21.6 Å². The van der Waals surface area contributed by atoms with Gasteiger partial charge >= 0.3 is 12.2 Å². The van der Waals surface area contributed by atoms with Gasteiger partial charge in [0.05, 0.1) is 17.9 Å². The van der Waals surface area contributed by atoms with Gasteiger partial charge in [0, 0.05) is 61.3 Å². The number of benzene rings is 1. The van der Waals surface area contributed by atoms with Gasteiger partial charge in [0.15, 0.2) is 5.69 Å². The number of allylic oxidation sites excluding steroid dienone is 1. The highest BCUT2D eigenvalue weighted by Crippen LogP contribution is 2.46. The molecule has 4 heterocycles. The van der Waals surface area contributed by atoms with E-state index >= 15 is 0 Å². The molecule has 7 rings (SSSR count). The van der Waals surface area contributed by atoms with Gasteiger partial charge in [-0.3, -0.25) is 14.3 Å². The van der Waals surface area contributed by atoms with Crippen molar-refractivity contribution < 1.29 is 45.4 Å². The number of hydrogen-bond donors (Lipinski definition) is 2. The zero-order chi connectivity index (χ0) is 38.6. The normalized spacial score (nSPS) is 25.9. The molecule has 2 aliphatic carbocycles. The van der Waals surface area contributed by atoms with Gasteiger partial charge in [0.1, 0.15) is 39.9 Å². The predicted octanol–water partition coefficient (Wildman–Crippen LogP) is 5.18. The van der Waals surface area contributed by atoms with Crippen molar-refractivity contribution in [2.24, 2.45) is 5.92 Å². The fraction of sp³-hybridized carbons (Fsp3) is 0.528. The number of rotatable bonds is 7. The van der Waals surface area contributed by atoms with E-state index in [0.717, 1.165) is 23.1 Å². The van der Waals surface area contributed by atoms with Crippen molar-refractivity contribution in [1.82, 2.24) is 29.8 Å². The number of pyridine rings is 1. The number of hydrogen-bond acceptors (Lipinski definition) is 10. The number of alkyl halides is 3. The van der Waals surface area contributed by atoms with E-state index in [1.807, 2.05) is 12.2 Å². The van der Waals surface area contributed by atoms with Gasteiger partial charge in [-0.2, -0.15) is 13.2 Å². The largest absolute Gasteiger partial charge is 0.496 e. The van der Waals surface area contributed by atoms with Crippen LogP contribution in [0.4, 0.5) is 18.0 Å². The number of piperidine rings is 1. The fourth-order valence-corrected chi connectivity index (χ4v) is 9.33. The van der Waals surface area contributed by atoms with Crippen molar-refractivity contribution in [3.05, 3.63) is 47.0 Å². The molecule has 0 bridgehead atoms. The Hall–Kier alpha value is -4.45. The van der Waals surface area contributed by atoms with E-state index in [2.05, 4.69) is 20.0 Å². The standard InChI is InChI=1S/C36H41F3N6O7S2/c1-20-27(51-3)12-11-24-28(17-25(40-30(20)24)32-41-29(19-53-32)36(37,38)39)52-22-13-15-45-26(16-22)31(46)42-35(33(47)43-54(49,50)23-9-10-23)18-21(35)8-6-4-5-7-14-44(2)34(45)48/h6,8,11-12,17,19,21-23,26H,4-5,7,9-10,13-16,18H2,1-3H3,(H,42,46)(H,43,47)/b8-6+/t21-,22-,26-,35-/m0/s1. The lowest BCUT2D eigenvalue weighted by atomic mass is 9.97. The summed E-state index contributed by atoms with van der Waals surface area (Å²) in [6.07, 6.45) is 2.09. The van der Waals surface area contributed by atoms with E-state index in [4.69, 9.17) is 9.47 Å². The number of ether oxygens (including phenoxy) is 2. The van der Waals surface area contributed by atoms with Crippen LogP contribution in [0.3, 0.4) is 0 Å². The third kappa shape index (κ3) is 7.46. The lowest BCUT2D eigenvalue weighted by Gasteiger charge is -2.40. The van der Waals surface area contributed by atoms with E-state index in [1.165, 1.54) is 18.1 Å². The number of fused-ring (bicyclic) bond motifs is 3. The molecule has 1 aromatic carbocycles. The first-order chi connectivity index (χ1) is 25.6. The number of nitrogens with zero attached hydrogens (tertiary/aromatic N) is 4. The van der Waals surface area contributed by atoms with Crippen LogP contribution < -0.4 is 19.5 Å². The molecular formula is C36H41F3N6O7S2. The zero-order valence-corrected chi connectivity index (χ0v) is 31.6. The molecule has 4 atom stereocenters. The SMILES string of the molecule is COc1ccc2c(O[C@H]3CCN4C(=O)N(C)CCCC/C=C/[C@H]5C[C@]5(C(=O)NS(=O)(=O)C5CC5)NC(=O)[C@@H]4C3)cc(-c3nc(C(F)(F)F)cs3)nc2c1C. The minimum absolute atomic E-state index is 0.00769. The maximum atomic E-state index is 14.3. The van der Waals surface area contributed by atoms with Crippen molar-refractivity contribution in [1.29, 1.82) is 0 Å². The molecule has 4 amide bonds. The van der Waals surface area contributed by atoms with Crippen molar-refractivity contribution in [2.75, 3.05) is 27.2 Å². The molecule has 2 aliphatic heterocycles. The summed E-state index contributed by atoms with van der Waals surface area (Å²) in [5.74, 6) is -1.06. The summed E-state index contributed by atoms with van der Waals surface area (Å²) < 4.78 is 80.3. The van der Waals surface area contributed by atoms with Crippen LogP contribution in [0.5, 0.6) is 11.5 Å². The van der Waals surface area contributed by atoms with Crippen molar-refractivity contribution >= 4 is 50.1 Å². The molecule has 1 saturated heterocycles. The Bertz CT molecular complexity index is 2120. The van der Waals surface area contributed by atoms with E-state index in [-0.39, 0.29) is 36.1 Å². The first-order valence-corrected chi connectivity index (χ1v) is 20.3. The fourth-order valence-electron chi connectivity index (χ4n) is 7.18. The second-order valence-electron chi connectivity index (χ2n) is 14.4. The monoisotopic (exact) mass is 790 g/mol. The summed E-state index contributed by atoms with van der Waals surface area (Å²) in [6, 6.07) is 3.52. The Balaban J connectivity index is 1.21. The highest BCUT2D eigenvalue weighted by atomic mass is 32.2. The van der Waals surface area contributed by atoms with Crippen LogP contribution in [0.15, 0.2) is 35.7 Å². The second-order valence-corrected chi connectivity index (χ2v) is 17.2. The number of thiazole rings is 1. The summed E-state index contributed by atoms with van der Waals surface area (Å²) in [5.41, 5.74) is -1.34. The Morgan fingerprint density at radius 3 is 2.59 bits per heavy atom. The van der Waals surface area contributed by atoms with Crippen molar-refractivity contribution in [2.45, 2.75) is 87.4 Å². The second kappa shape index (κ2) is 14.3. The highest BCUT2D eigenvalue weighted by Gasteiger charge is 2.62. The van der Waals surface area contributed by atoms with Gasteiger partial charge in [0.25, 0.3) is 5.91 Å². The Kier molecular flexibility index (Phi) is 10.0. The first kappa shape index (κ1) is 37.8. The molecule has 3 aromatic rings. The smallest absolute Gasteiger partial charge is 0.434 e. The van der Waals surface area contributed by atoms with E-state index < -0.39 is 62.6 Å². The van der Waals surface area contributed by atoms with Gasteiger partial charge in [-0.25, -0.2) is 23.2 Å². The summed E-state index contributed by atoms with van der Waals surface area (Å²) in [5, 5.41) is 3.73. The van der Waals surface area contributed by atoms with Crippen LogP contribution in [0.2, 0.25) is 0 Å². The Morgan fingerprint density at radius 2 is 1.89 bits per heavy atom. The van der Waals surface area contributed by atoms with Crippen LogP contribution in [-0.4, -0.2) is 96.2 Å². The third-order valence-corrected chi connectivity index (χ3v) is 13.2. The molecule has 4 aliphatic rings. The molecule has 2 N–H and O–H groups in total. The molecule has 3 fully saturated rings. The summed E-state index contributed by atoms with van der Waals surface area (Å²) in [4.78, 5) is 53.3. The van der Waals surface area contributed by atoms with E-state index in [9.17, 15) is 36.0 Å². The number of carbonyl (C=O) groups excluding carboxylic acids is 3. The number of methoxy groups -OCH3 is 1. The van der Waals surface area contributed by atoms with Crippen LogP contribution in [-0.2, 0) is 25.8 Å². The van der Waals surface area contributed by atoms with E-state index in [1.54, 1.807) is 31.0 Å². The minimum Gasteiger partial charge on any atom is -0.496 e. The number of urea groups is 1. The Labute approximate surface area is 314 Å². The van der Waals surface area contributed by atoms with Crippen molar-refractivity contribution in [3.8, 4) is 22.2 Å². The summed E-state index contributed by atoms with van der Waals surface area (Å²) >= 11 is 0.795. The maximum absolute atomic E-state index is 14.3. The third-order valence-electron chi connectivity index (χ3n) is 10.6. The molecule has 290 valence electrons. The van der Waals surface area contributed by atoms with Crippen LogP contribution in [0, 0.1) is 12.8 Å². The lowest BCUT2D eigenvalue weighted by molar-refractivity contribution is -0.140. The first-order valence-electron chi connectivity index (χ1n) is 17.9. The van der Waals surface area contributed by atoms with Gasteiger partial charge in [0.2, 0.25) is 15.9 Å². The number of carbonyl (C=O) groups is 3. The number of amides is 4. The number of sulfonamides is 1. The number of halogens is 3. The summed E-state index contributed by atoms with van der Waals surface area (Å²) in [6.45, 7) is 2.36. The molecule has 0 unspecified atom stereocenters. The summed E-state index contributed by atoms with van der Waals surface area (Å²) in [7, 11) is -0.740. The van der Waals surface area contributed by atoms with Crippen molar-refractivity contribution in [3.63, 3.8) is 0 Å². The molecule has 0 radical (unpaired) electrons. The maximum Gasteiger partial charge on any atom is 0.434 e. The van der Waals surface area contributed by atoms with Gasteiger partial charge in [-0.05, 0) is 57.6 Å². The van der Waals surface area contributed by atoms with Gasteiger partial charge in [-0.1, -0.05) is 12.2 Å². The number of aryl methyl sites for hydroxylation is 1. The number of aromatic nitrogens is 2. The van der Waals surface area contributed by atoms with Crippen LogP contribution in [0.1, 0.15) is 62.6 Å². The molecule has 13 nitrogen and oxygen atoms in total. The quantitative estimate of drug-likeness (QED) is 0.308. The molecular weight excluding hydrogens is 750 g/mol. The minimum atomic E-state index is -4.64. The number of nitrogens with one attached hydrogen (secondary N) is 2. The molecule has 0 spiro atoms. The zero-order valence-electron chi connectivity index (χ0n) is 29.9. The predicted molar refractivity (Wildman–Crippen MR) is 193 cm³/mol. The average Bonchev–Trinajstić information content (AvgIpc) is 4.05. The topological polar surface area (TPSA) is 160 Å². The molecule has 18 heteroatoms.